The van der Waals surface area contributed by atoms with Gasteiger partial charge in [-0.05, 0) is 25.3 Å². The third kappa shape index (κ3) is 0.696. The molecule has 0 spiro atoms. The Hall–Kier alpha value is -1.16. The number of aliphatic hydroxyl groups excluding tert-OH is 1. The lowest BCUT2D eigenvalue weighted by Crippen LogP contribution is -2.58. The van der Waals surface area contributed by atoms with Crippen molar-refractivity contribution in [1.29, 1.82) is 0 Å². The maximum absolute atomic E-state index is 11.9. The molecule has 1 saturated carbocycles. The lowest BCUT2D eigenvalue weighted by atomic mass is 9.43. The molecule has 16 heavy (non-hydrogen) atoms. The van der Waals surface area contributed by atoms with Crippen molar-refractivity contribution in [3.63, 3.8) is 0 Å². The fourth-order valence-electron chi connectivity index (χ4n) is 3.98. The summed E-state index contributed by atoms with van der Waals surface area (Å²) in [6.45, 7) is 1.70. The molecule has 1 heterocycles. The molecule has 2 aliphatic carbocycles. The Balaban J connectivity index is 2.25. The average molecular weight is 222 g/mol. The van der Waals surface area contributed by atoms with Crippen LogP contribution in [0, 0.1) is 10.8 Å². The largest absolute Gasteiger partial charge is 0.392 e. The first kappa shape index (κ1) is 10.0. The number of carbonyl (C=O) groups is 2. The SMILES string of the molecule is CC1=C(CO)[C@]23CCCC[C@]12C(=O)OC3=O. The minimum absolute atomic E-state index is 0.143. The summed E-state index contributed by atoms with van der Waals surface area (Å²) in [5, 5.41) is 9.36. The lowest BCUT2D eigenvalue weighted by Gasteiger charge is -2.54. The Bertz CT molecular complexity index is 436. The van der Waals surface area contributed by atoms with Gasteiger partial charge < -0.3 is 9.84 Å². The number of hydrogen-bond donors (Lipinski definition) is 1. The first-order valence-corrected chi connectivity index (χ1v) is 5.69. The summed E-state index contributed by atoms with van der Waals surface area (Å²) in [4.78, 5) is 23.8. The van der Waals surface area contributed by atoms with Gasteiger partial charge in [0.1, 0.15) is 10.8 Å². The van der Waals surface area contributed by atoms with Crippen molar-refractivity contribution in [2.24, 2.45) is 10.8 Å². The van der Waals surface area contributed by atoms with Crippen molar-refractivity contribution >= 4 is 11.9 Å². The van der Waals surface area contributed by atoms with Gasteiger partial charge in [0.2, 0.25) is 0 Å². The van der Waals surface area contributed by atoms with E-state index in [0.29, 0.717) is 12.8 Å². The van der Waals surface area contributed by atoms with E-state index >= 15 is 0 Å². The lowest BCUT2D eigenvalue weighted by molar-refractivity contribution is -0.155. The average Bonchev–Trinajstić information content (AvgIpc) is 2.47. The van der Waals surface area contributed by atoms with Gasteiger partial charge in [0.15, 0.2) is 0 Å². The zero-order valence-corrected chi connectivity index (χ0v) is 9.21. The second kappa shape index (κ2) is 2.74. The minimum Gasteiger partial charge on any atom is -0.392 e. The summed E-state index contributed by atoms with van der Waals surface area (Å²) >= 11 is 0. The molecular weight excluding hydrogens is 208 g/mol. The number of ether oxygens (including phenoxy) is 1. The summed E-state index contributed by atoms with van der Waals surface area (Å²) in [5.41, 5.74) is 0.0651. The Kier molecular flexibility index (Phi) is 1.72. The maximum atomic E-state index is 11.9. The third-order valence-corrected chi connectivity index (χ3v) is 4.73. The van der Waals surface area contributed by atoms with Crippen LogP contribution in [0.25, 0.3) is 0 Å². The van der Waals surface area contributed by atoms with E-state index in [0.717, 1.165) is 24.0 Å². The summed E-state index contributed by atoms with van der Waals surface area (Å²) < 4.78 is 4.85. The van der Waals surface area contributed by atoms with Gasteiger partial charge in [-0.3, -0.25) is 9.59 Å². The van der Waals surface area contributed by atoms with Crippen molar-refractivity contribution in [2.75, 3.05) is 6.61 Å². The van der Waals surface area contributed by atoms with Crippen LogP contribution < -0.4 is 0 Å². The molecule has 1 saturated heterocycles. The van der Waals surface area contributed by atoms with Crippen LogP contribution in [0.3, 0.4) is 0 Å². The molecule has 86 valence electrons. The van der Waals surface area contributed by atoms with Crippen molar-refractivity contribution in [1.82, 2.24) is 0 Å². The van der Waals surface area contributed by atoms with Crippen LogP contribution in [0.5, 0.6) is 0 Å². The van der Waals surface area contributed by atoms with Crippen molar-refractivity contribution in [3.05, 3.63) is 11.1 Å². The van der Waals surface area contributed by atoms with Crippen molar-refractivity contribution < 1.29 is 19.4 Å². The first-order valence-electron chi connectivity index (χ1n) is 5.69. The second-order valence-corrected chi connectivity index (χ2v) is 4.96. The zero-order valence-electron chi connectivity index (χ0n) is 9.21. The summed E-state index contributed by atoms with van der Waals surface area (Å²) in [6.07, 6.45) is 3.19. The van der Waals surface area contributed by atoms with E-state index in [1.54, 1.807) is 0 Å². The molecule has 0 aromatic rings. The Labute approximate surface area is 93.3 Å². The highest BCUT2D eigenvalue weighted by molar-refractivity contribution is 6.09. The Morgan fingerprint density at radius 3 is 2.38 bits per heavy atom. The maximum Gasteiger partial charge on any atom is 0.325 e. The monoisotopic (exact) mass is 222 g/mol. The van der Waals surface area contributed by atoms with Gasteiger partial charge in [-0.25, -0.2) is 0 Å². The number of hydrogen-bond acceptors (Lipinski definition) is 4. The van der Waals surface area contributed by atoms with E-state index in [4.69, 9.17) is 4.74 Å². The minimum atomic E-state index is -0.804. The fraction of sp³-hybridized carbons (Fsp3) is 0.667. The molecule has 1 aliphatic heterocycles. The van der Waals surface area contributed by atoms with Crippen LogP contribution in [0.1, 0.15) is 32.6 Å². The molecule has 0 aromatic carbocycles. The first-order chi connectivity index (χ1) is 7.61. The zero-order chi connectivity index (χ0) is 11.6. The number of cyclic esters (lactones) is 2. The molecule has 3 rings (SSSR count). The van der Waals surface area contributed by atoms with E-state index in [-0.39, 0.29) is 6.61 Å². The molecule has 0 amide bonds. The molecule has 4 nitrogen and oxygen atoms in total. The van der Waals surface area contributed by atoms with Crippen LogP contribution in [0.15, 0.2) is 11.1 Å². The number of aliphatic hydroxyl groups is 1. The molecular formula is C12H14O4. The molecule has 3 aliphatic rings. The molecule has 0 aromatic heterocycles. The summed E-state index contributed by atoms with van der Waals surface area (Å²) in [7, 11) is 0. The Morgan fingerprint density at radius 2 is 1.75 bits per heavy atom. The highest BCUT2D eigenvalue weighted by Gasteiger charge is 2.77. The van der Waals surface area contributed by atoms with Gasteiger partial charge in [0.25, 0.3) is 0 Å². The molecule has 0 bridgehead atoms. The molecule has 2 atom stereocenters. The van der Waals surface area contributed by atoms with Gasteiger partial charge in [-0.2, -0.15) is 0 Å². The van der Waals surface area contributed by atoms with E-state index in [2.05, 4.69) is 0 Å². The van der Waals surface area contributed by atoms with Crippen molar-refractivity contribution in [2.45, 2.75) is 32.6 Å². The van der Waals surface area contributed by atoms with E-state index in [1.807, 2.05) is 6.92 Å². The topological polar surface area (TPSA) is 63.6 Å². The van der Waals surface area contributed by atoms with Crippen LogP contribution in [0.2, 0.25) is 0 Å². The number of esters is 2. The molecule has 0 unspecified atom stereocenters. The third-order valence-electron chi connectivity index (χ3n) is 4.73. The van der Waals surface area contributed by atoms with Crippen molar-refractivity contribution in [3.8, 4) is 0 Å². The van der Waals surface area contributed by atoms with Crippen LogP contribution in [0.4, 0.5) is 0 Å². The summed E-state index contributed by atoms with van der Waals surface area (Å²) in [5.74, 6) is -0.834. The second-order valence-electron chi connectivity index (χ2n) is 4.96. The van der Waals surface area contributed by atoms with E-state index < -0.39 is 22.8 Å². The standard InChI is InChI=1S/C12H14O4/c1-7-8(6-13)12-5-3-2-4-11(7,12)9(14)16-10(12)15/h13H,2-6H2,1H3/t11-,12+/m1/s1. The van der Waals surface area contributed by atoms with Gasteiger partial charge in [-0.1, -0.05) is 18.4 Å². The molecule has 1 N–H and O–H groups in total. The summed E-state index contributed by atoms with van der Waals surface area (Å²) in [6, 6.07) is 0. The van der Waals surface area contributed by atoms with Crippen LogP contribution in [-0.4, -0.2) is 23.7 Å². The predicted molar refractivity (Wildman–Crippen MR) is 54.2 cm³/mol. The molecule has 4 heteroatoms. The van der Waals surface area contributed by atoms with Gasteiger partial charge in [0, 0.05) is 0 Å². The molecule has 2 fully saturated rings. The fourth-order valence-corrected chi connectivity index (χ4v) is 3.98. The highest BCUT2D eigenvalue weighted by atomic mass is 16.6. The Morgan fingerprint density at radius 1 is 1.19 bits per heavy atom. The van der Waals surface area contributed by atoms with Gasteiger partial charge >= 0.3 is 11.9 Å². The van der Waals surface area contributed by atoms with Crippen LogP contribution in [-0.2, 0) is 14.3 Å². The quantitative estimate of drug-likeness (QED) is 0.407. The number of carbonyl (C=O) groups excluding carboxylic acids is 2. The van der Waals surface area contributed by atoms with E-state index in [9.17, 15) is 14.7 Å². The van der Waals surface area contributed by atoms with Gasteiger partial charge in [-0.15, -0.1) is 0 Å². The van der Waals surface area contributed by atoms with E-state index in [1.165, 1.54) is 0 Å². The normalized spacial score (nSPS) is 41.4. The van der Waals surface area contributed by atoms with Crippen LogP contribution >= 0.6 is 0 Å². The predicted octanol–water partition coefficient (Wildman–Crippen LogP) is 0.939. The number of rotatable bonds is 1. The highest BCUT2D eigenvalue weighted by Crippen LogP contribution is 2.71. The van der Waals surface area contributed by atoms with Gasteiger partial charge in [0.05, 0.1) is 6.61 Å². The smallest absolute Gasteiger partial charge is 0.325 e. The molecule has 0 radical (unpaired) electrons.